The van der Waals surface area contributed by atoms with Gasteiger partial charge in [-0.15, -0.1) is 0 Å². The predicted molar refractivity (Wildman–Crippen MR) is 72.2 cm³/mol. The Morgan fingerprint density at radius 2 is 2.18 bits per heavy atom. The predicted octanol–water partition coefficient (Wildman–Crippen LogP) is 2.23. The molecule has 1 heterocycles. The molecule has 2 rings (SSSR count). The highest BCUT2D eigenvalue weighted by atomic mass is 16.5. The van der Waals surface area contributed by atoms with Crippen LogP contribution in [0.15, 0.2) is 18.2 Å². The molecule has 0 bridgehead atoms. The van der Waals surface area contributed by atoms with Crippen LogP contribution >= 0.6 is 0 Å². The van der Waals surface area contributed by atoms with Crippen molar-refractivity contribution in [3.8, 4) is 5.75 Å². The minimum Gasteiger partial charge on any atom is -0.497 e. The topological polar surface area (TPSA) is 24.5 Å². The lowest BCUT2D eigenvalue weighted by Gasteiger charge is -2.28. The van der Waals surface area contributed by atoms with Crippen molar-refractivity contribution in [1.29, 1.82) is 0 Å². The van der Waals surface area contributed by atoms with Gasteiger partial charge in [0.1, 0.15) is 5.75 Å². The molecule has 0 aliphatic carbocycles. The van der Waals surface area contributed by atoms with Crippen LogP contribution in [0.3, 0.4) is 0 Å². The molecule has 1 aromatic rings. The molecular formula is C14H22N2O. The molecule has 1 unspecified atom stereocenters. The molecule has 1 aromatic carbocycles. The molecule has 1 fully saturated rings. The summed E-state index contributed by atoms with van der Waals surface area (Å²) >= 11 is 0. The maximum absolute atomic E-state index is 5.34. The van der Waals surface area contributed by atoms with Gasteiger partial charge in [0.05, 0.1) is 7.11 Å². The monoisotopic (exact) mass is 234 g/mol. The third-order valence-electron chi connectivity index (χ3n) is 3.45. The van der Waals surface area contributed by atoms with E-state index in [2.05, 4.69) is 36.4 Å². The van der Waals surface area contributed by atoms with Crippen molar-refractivity contribution in [3.63, 3.8) is 0 Å². The molecule has 1 aliphatic heterocycles. The Bertz CT molecular complexity index is 370. The highest BCUT2D eigenvalue weighted by Gasteiger charge is 2.19. The first-order chi connectivity index (χ1) is 8.22. The zero-order valence-electron chi connectivity index (χ0n) is 11.0. The van der Waals surface area contributed by atoms with Crippen molar-refractivity contribution in [2.75, 3.05) is 39.2 Å². The number of rotatable bonds is 3. The van der Waals surface area contributed by atoms with E-state index in [0.29, 0.717) is 5.92 Å². The van der Waals surface area contributed by atoms with Crippen LogP contribution in [-0.4, -0.2) is 34.3 Å². The Balaban J connectivity index is 2.33. The number of hydrogen-bond acceptors (Lipinski definition) is 3. The second kappa shape index (κ2) is 5.41. The summed E-state index contributed by atoms with van der Waals surface area (Å²) in [5.41, 5.74) is 2.71. The third kappa shape index (κ3) is 2.72. The van der Waals surface area contributed by atoms with Crippen molar-refractivity contribution in [2.24, 2.45) is 0 Å². The number of ether oxygens (including phenoxy) is 1. The highest BCUT2D eigenvalue weighted by Crippen LogP contribution is 2.33. The zero-order chi connectivity index (χ0) is 12.3. The fourth-order valence-electron chi connectivity index (χ4n) is 2.51. The average Bonchev–Trinajstić information content (AvgIpc) is 2.39. The van der Waals surface area contributed by atoms with E-state index in [-0.39, 0.29) is 0 Å². The molecule has 3 nitrogen and oxygen atoms in total. The summed E-state index contributed by atoms with van der Waals surface area (Å²) in [5.74, 6) is 1.56. The molecule has 0 radical (unpaired) electrons. The third-order valence-corrected chi connectivity index (χ3v) is 3.45. The number of benzene rings is 1. The van der Waals surface area contributed by atoms with E-state index in [1.54, 1.807) is 7.11 Å². The van der Waals surface area contributed by atoms with E-state index in [1.165, 1.54) is 24.1 Å². The molecule has 1 saturated heterocycles. The molecular weight excluding hydrogens is 212 g/mol. The Morgan fingerprint density at radius 3 is 2.76 bits per heavy atom. The second-order valence-corrected chi connectivity index (χ2v) is 4.86. The minimum absolute atomic E-state index is 0.608. The largest absolute Gasteiger partial charge is 0.497 e. The fraction of sp³-hybridized carbons (Fsp3) is 0.571. The molecule has 17 heavy (non-hydrogen) atoms. The van der Waals surface area contributed by atoms with Gasteiger partial charge in [-0.1, -0.05) is 0 Å². The van der Waals surface area contributed by atoms with Gasteiger partial charge in [-0.05, 0) is 49.1 Å². The lowest BCUT2D eigenvalue weighted by atomic mass is 9.90. The zero-order valence-corrected chi connectivity index (χ0v) is 11.0. The summed E-state index contributed by atoms with van der Waals surface area (Å²) in [6.07, 6.45) is 2.52. The second-order valence-electron chi connectivity index (χ2n) is 4.86. The summed E-state index contributed by atoms with van der Waals surface area (Å²) in [6.45, 7) is 2.23. The average molecular weight is 234 g/mol. The molecule has 0 spiro atoms. The van der Waals surface area contributed by atoms with Crippen molar-refractivity contribution < 1.29 is 4.74 Å². The van der Waals surface area contributed by atoms with E-state index in [4.69, 9.17) is 4.74 Å². The summed E-state index contributed by atoms with van der Waals surface area (Å²) in [7, 11) is 5.93. The van der Waals surface area contributed by atoms with Gasteiger partial charge in [0, 0.05) is 26.3 Å². The quantitative estimate of drug-likeness (QED) is 0.868. The molecule has 1 atom stereocenters. The summed E-state index contributed by atoms with van der Waals surface area (Å²) in [5, 5.41) is 3.48. The molecule has 3 heteroatoms. The SMILES string of the molecule is COc1ccc(N(C)C)c(C2CCCNC2)c1. The fourth-order valence-corrected chi connectivity index (χ4v) is 2.51. The normalized spacial score (nSPS) is 20.1. The molecule has 0 saturated carbocycles. The van der Waals surface area contributed by atoms with Crippen LogP contribution < -0.4 is 15.0 Å². The smallest absolute Gasteiger partial charge is 0.119 e. The standard InChI is InChI=1S/C14H22N2O/c1-16(2)14-7-6-12(17-3)9-13(14)11-5-4-8-15-10-11/h6-7,9,11,15H,4-5,8,10H2,1-3H3. The maximum Gasteiger partial charge on any atom is 0.119 e. The molecule has 94 valence electrons. The number of piperidine rings is 1. The lowest BCUT2D eigenvalue weighted by Crippen LogP contribution is -2.29. The van der Waals surface area contributed by atoms with Gasteiger partial charge in [0.2, 0.25) is 0 Å². The maximum atomic E-state index is 5.34. The van der Waals surface area contributed by atoms with Crippen LogP contribution in [-0.2, 0) is 0 Å². The summed E-state index contributed by atoms with van der Waals surface area (Å²) < 4.78 is 5.34. The van der Waals surface area contributed by atoms with Crippen LogP contribution in [0.5, 0.6) is 5.75 Å². The number of nitrogens with one attached hydrogen (secondary N) is 1. The van der Waals surface area contributed by atoms with Gasteiger partial charge in [-0.2, -0.15) is 0 Å². The van der Waals surface area contributed by atoms with Crippen molar-refractivity contribution in [1.82, 2.24) is 5.32 Å². The Labute approximate surface area is 104 Å². The van der Waals surface area contributed by atoms with E-state index in [9.17, 15) is 0 Å². The Morgan fingerprint density at radius 1 is 1.35 bits per heavy atom. The van der Waals surface area contributed by atoms with E-state index in [0.717, 1.165) is 18.8 Å². The molecule has 1 aliphatic rings. The van der Waals surface area contributed by atoms with E-state index >= 15 is 0 Å². The van der Waals surface area contributed by atoms with E-state index < -0.39 is 0 Å². The minimum atomic E-state index is 0.608. The van der Waals surface area contributed by atoms with Gasteiger partial charge in [-0.25, -0.2) is 0 Å². The van der Waals surface area contributed by atoms with Gasteiger partial charge >= 0.3 is 0 Å². The van der Waals surface area contributed by atoms with Gasteiger partial charge in [0.25, 0.3) is 0 Å². The van der Waals surface area contributed by atoms with Crippen molar-refractivity contribution in [2.45, 2.75) is 18.8 Å². The summed E-state index contributed by atoms with van der Waals surface area (Å²) in [6, 6.07) is 6.38. The number of anilines is 1. The van der Waals surface area contributed by atoms with Gasteiger partial charge < -0.3 is 15.0 Å². The lowest BCUT2D eigenvalue weighted by molar-refractivity contribution is 0.411. The van der Waals surface area contributed by atoms with Crippen LogP contribution in [0.25, 0.3) is 0 Å². The van der Waals surface area contributed by atoms with Crippen LogP contribution in [0.4, 0.5) is 5.69 Å². The molecule has 0 amide bonds. The number of methoxy groups -OCH3 is 1. The van der Waals surface area contributed by atoms with Crippen molar-refractivity contribution >= 4 is 5.69 Å². The Hall–Kier alpha value is -1.22. The van der Waals surface area contributed by atoms with Crippen molar-refractivity contribution in [3.05, 3.63) is 23.8 Å². The number of nitrogens with zero attached hydrogens (tertiary/aromatic N) is 1. The molecule has 1 N–H and O–H groups in total. The first kappa shape index (κ1) is 12.2. The molecule has 0 aromatic heterocycles. The first-order valence-electron chi connectivity index (χ1n) is 6.28. The van der Waals surface area contributed by atoms with Crippen LogP contribution in [0.1, 0.15) is 24.3 Å². The first-order valence-corrected chi connectivity index (χ1v) is 6.28. The van der Waals surface area contributed by atoms with Crippen LogP contribution in [0, 0.1) is 0 Å². The van der Waals surface area contributed by atoms with Crippen LogP contribution in [0.2, 0.25) is 0 Å². The van der Waals surface area contributed by atoms with Gasteiger partial charge in [0.15, 0.2) is 0 Å². The highest BCUT2D eigenvalue weighted by molar-refractivity contribution is 5.57. The number of hydrogen-bond donors (Lipinski definition) is 1. The Kier molecular flexibility index (Phi) is 3.89. The van der Waals surface area contributed by atoms with Gasteiger partial charge in [-0.3, -0.25) is 0 Å². The van der Waals surface area contributed by atoms with E-state index in [1.807, 2.05) is 6.07 Å². The summed E-state index contributed by atoms with van der Waals surface area (Å²) in [4.78, 5) is 2.18.